The lowest BCUT2D eigenvalue weighted by Gasteiger charge is -2.16. The highest BCUT2D eigenvalue weighted by atomic mass is 79.9. The normalized spacial score (nSPS) is 12.4. The first kappa shape index (κ1) is 21.1. The summed E-state index contributed by atoms with van der Waals surface area (Å²) in [6, 6.07) is 26.7. The third kappa shape index (κ3) is 5.45. The van der Waals surface area contributed by atoms with Gasteiger partial charge in [-0.2, -0.15) is 0 Å². The predicted molar refractivity (Wildman–Crippen MR) is 126 cm³/mol. The molecule has 3 aromatic carbocycles. The summed E-state index contributed by atoms with van der Waals surface area (Å²) in [5.41, 5.74) is 6.26. The van der Waals surface area contributed by atoms with Crippen LogP contribution in [0.25, 0.3) is 16.7 Å². The lowest BCUT2D eigenvalue weighted by molar-refractivity contribution is -0.116. The van der Waals surface area contributed by atoms with Crippen LogP contribution in [0.4, 0.5) is 0 Å². The number of amides is 1. The molecule has 29 heavy (non-hydrogen) atoms. The molecule has 3 heteroatoms. The van der Waals surface area contributed by atoms with Crippen LogP contribution in [0, 0.1) is 0 Å². The first-order valence-electron chi connectivity index (χ1n) is 9.98. The van der Waals surface area contributed by atoms with Gasteiger partial charge >= 0.3 is 0 Å². The zero-order valence-corrected chi connectivity index (χ0v) is 18.4. The van der Waals surface area contributed by atoms with Crippen molar-refractivity contribution < 1.29 is 4.79 Å². The van der Waals surface area contributed by atoms with E-state index >= 15 is 0 Å². The quantitative estimate of drug-likeness (QED) is 0.391. The van der Waals surface area contributed by atoms with E-state index in [0.29, 0.717) is 5.57 Å². The number of halogens is 1. The number of nitrogens with one attached hydrogen (secondary N) is 1. The van der Waals surface area contributed by atoms with Crippen molar-refractivity contribution in [1.82, 2.24) is 5.32 Å². The topological polar surface area (TPSA) is 29.1 Å². The van der Waals surface area contributed by atoms with Gasteiger partial charge < -0.3 is 5.32 Å². The average Bonchev–Trinajstić information content (AvgIpc) is 2.76. The van der Waals surface area contributed by atoms with Gasteiger partial charge in [-0.15, -0.1) is 0 Å². The van der Waals surface area contributed by atoms with Gasteiger partial charge in [0, 0.05) is 0 Å². The maximum atomic E-state index is 12.8. The van der Waals surface area contributed by atoms with Gasteiger partial charge in [-0.1, -0.05) is 108 Å². The third-order valence-electron chi connectivity index (χ3n) is 5.02. The van der Waals surface area contributed by atoms with Crippen LogP contribution in [-0.4, -0.2) is 5.91 Å². The van der Waals surface area contributed by atoms with Crippen LogP contribution in [-0.2, 0) is 11.2 Å². The molecule has 0 aliphatic heterocycles. The fourth-order valence-electron chi connectivity index (χ4n) is 3.34. The molecule has 1 atom stereocenters. The largest absolute Gasteiger partial charge is 0.345 e. The molecule has 2 nitrogen and oxygen atoms in total. The fraction of sp³-hybridized carbons (Fsp3) is 0.192. The number of carbonyl (C=O) groups excluding carboxylic acids is 1. The molecular weight excluding hydrogens is 422 g/mol. The summed E-state index contributed by atoms with van der Waals surface area (Å²) in [6.45, 7) is 4.18. The first-order valence-corrected chi connectivity index (χ1v) is 10.9. The number of rotatable bonds is 7. The van der Waals surface area contributed by atoms with Gasteiger partial charge in [-0.25, -0.2) is 0 Å². The van der Waals surface area contributed by atoms with E-state index in [1.807, 2.05) is 49.4 Å². The van der Waals surface area contributed by atoms with Crippen LogP contribution in [0.2, 0.25) is 0 Å². The van der Waals surface area contributed by atoms with Crippen LogP contribution in [0.1, 0.15) is 43.0 Å². The van der Waals surface area contributed by atoms with Crippen molar-refractivity contribution in [2.24, 2.45) is 0 Å². The Bertz CT molecular complexity index is 960. The van der Waals surface area contributed by atoms with Gasteiger partial charge in [0.15, 0.2) is 0 Å². The molecule has 0 aromatic heterocycles. The molecule has 0 fully saturated rings. The van der Waals surface area contributed by atoms with Crippen molar-refractivity contribution in [2.75, 3.05) is 0 Å². The van der Waals surface area contributed by atoms with Crippen LogP contribution < -0.4 is 5.32 Å². The van der Waals surface area contributed by atoms with Crippen molar-refractivity contribution in [1.29, 1.82) is 0 Å². The summed E-state index contributed by atoms with van der Waals surface area (Å²) in [5, 5.41) is 3.07. The smallest absolute Gasteiger partial charge is 0.252 e. The Labute approximate surface area is 181 Å². The minimum atomic E-state index is -0.102. The van der Waals surface area contributed by atoms with Crippen molar-refractivity contribution in [3.05, 3.63) is 101 Å². The molecule has 3 aromatic rings. The minimum absolute atomic E-state index is 0.0629. The van der Waals surface area contributed by atoms with E-state index in [2.05, 4.69) is 64.6 Å². The van der Waals surface area contributed by atoms with Crippen LogP contribution in [0.3, 0.4) is 0 Å². The lowest BCUT2D eigenvalue weighted by atomic mass is 9.99. The number of hydrogen-bond donors (Lipinski definition) is 1. The van der Waals surface area contributed by atoms with Crippen LogP contribution >= 0.6 is 15.9 Å². The highest BCUT2D eigenvalue weighted by molar-refractivity contribution is 9.11. The highest BCUT2D eigenvalue weighted by Gasteiger charge is 2.15. The van der Waals surface area contributed by atoms with Gasteiger partial charge in [0.25, 0.3) is 5.91 Å². The Morgan fingerprint density at radius 3 is 2.07 bits per heavy atom. The van der Waals surface area contributed by atoms with E-state index < -0.39 is 0 Å². The average molecular weight is 448 g/mol. The van der Waals surface area contributed by atoms with Gasteiger partial charge in [-0.05, 0) is 46.1 Å². The fourth-order valence-corrected chi connectivity index (χ4v) is 3.81. The van der Waals surface area contributed by atoms with E-state index in [1.165, 1.54) is 11.1 Å². The second-order valence-corrected chi connectivity index (χ2v) is 7.61. The Balaban J connectivity index is 1.72. The van der Waals surface area contributed by atoms with E-state index in [-0.39, 0.29) is 11.9 Å². The van der Waals surface area contributed by atoms with E-state index in [9.17, 15) is 4.79 Å². The Hall–Kier alpha value is -2.65. The molecule has 0 radical (unpaired) electrons. The van der Waals surface area contributed by atoms with E-state index in [4.69, 9.17) is 0 Å². The standard InChI is InChI=1S/C26H26BrNO/c1-3-7-20-10-12-22(13-11-20)23-14-16-24(17-15-23)25(18-27)26(29)28-19(2)21-8-5-4-6-9-21/h4-6,8-19H,3,7H2,1-2H3,(H,28,29)/t19-/m1/s1. The highest BCUT2D eigenvalue weighted by Crippen LogP contribution is 2.25. The molecule has 0 unspecified atom stereocenters. The summed E-state index contributed by atoms with van der Waals surface area (Å²) >= 11 is 3.36. The lowest BCUT2D eigenvalue weighted by Crippen LogP contribution is -2.27. The monoisotopic (exact) mass is 447 g/mol. The zero-order valence-electron chi connectivity index (χ0n) is 16.9. The summed E-state index contributed by atoms with van der Waals surface area (Å²) in [4.78, 5) is 14.5. The first-order chi connectivity index (χ1) is 14.1. The second-order valence-electron chi connectivity index (χ2n) is 7.15. The Morgan fingerprint density at radius 1 is 0.931 bits per heavy atom. The van der Waals surface area contributed by atoms with Gasteiger partial charge in [0.1, 0.15) is 0 Å². The molecular formula is C26H26BrNO. The predicted octanol–water partition coefficient (Wildman–Crippen LogP) is 6.92. The summed E-state index contributed by atoms with van der Waals surface area (Å²) in [5.74, 6) is -0.102. The van der Waals surface area contributed by atoms with Crippen molar-refractivity contribution in [3.63, 3.8) is 0 Å². The number of benzene rings is 3. The maximum absolute atomic E-state index is 12.8. The Kier molecular flexibility index (Phi) is 7.42. The Morgan fingerprint density at radius 2 is 1.52 bits per heavy atom. The molecule has 0 saturated carbocycles. The number of hydrogen-bond acceptors (Lipinski definition) is 1. The maximum Gasteiger partial charge on any atom is 0.252 e. The van der Waals surface area contributed by atoms with Crippen molar-refractivity contribution in [2.45, 2.75) is 32.7 Å². The van der Waals surface area contributed by atoms with E-state index in [1.54, 1.807) is 4.99 Å². The second kappa shape index (κ2) is 10.2. The minimum Gasteiger partial charge on any atom is -0.345 e. The molecule has 0 aliphatic rings. The summed E-state index contributed by atoms with van der Waals surface area (Å²) in [7, 11) is 0. The van der Waals surface area contributed by atoms with E-state index in [0.717, 1.165) is 29.5 Å². The molecule has 1 amide bonds. The zero-order chi connectivity index (χ0) is 20.6. The van der Waals surface area contributed by atoms with Gasteiger partial charge in [0.2, 0.25) is 0 Å². The van der Waals surface area contributed by atoms with Crippen molar-refractivity contribution >= 4 is 27.4 Å². The molecule has 0 saturated heterocycles. The summed E-state index contributed by atoms with van der Waals surface area (Å²) in [6.07, 6.45) is 2.26. The molecule has 1 N–H and O–H groups in total. The molecule has 148 valence electrons. The van der Waals surface area contributed by atoms with Crippen LogP contribution in [0.15, 0.2) is 83.8 Å². The number of carbonyl (C=O) groups is 1. The summed E-state index contributed by atoms with van der Waals surface area (Å²) < 4.78 is 0. The molecule has 0 bridgehead atoms. The van der Waals surface area contributed by atoms with Gasteiger partial charge in [0.05, 0.1) is 11.6 Å². The molecule has 3 rings (SSSR count). The van der Waals surface area contributed by atoms with Crippen LogP contribution in [0.5, 0.6) is 0 Å². The molecule has 0 spiro atoms. The number of aryl methyl sites for hydroxylation is 1. The SMILES string of the molecule is CCCc1ccc(-c2ccc(C(=CBr)C(=O)N[C@H](C)c3ccccc3)cc2)cc1. The molecule has 0 heterocycles. The molecule has 0 aliphatic carbocycles. The van der Waals surface area contributed by atoms with Crippen molar-refractivity contribution in [3.8, 4) is 11.1 Å². The van der Waals surface area contributed by atoms with Gasteiger partial charge in [-0.3, -0.25) is 4.79 Å². The third-order valence-corrected chi connectivity index (χ3v) is 5.48.